The van der Waals surface area contributed by atoms with Crippen molar-refractivity contribution < 1.29 is 14.7 Å². The molecule has 0 unspecified atom stereocenters. The van der Waals surface area contributed by atoms with Gasteiger partial charge in [0.15, 0.2) is 0 Å². The first kappa shape index (κ1) is 13.9. The van der Waals surface area contributed by atoms with Gasteiger partial charge in [0, 0.05) is 39.3 Å². The highest BCUT2D eigenvalue weighted by molar-refractivity contribution is 5.75. The Kier molecular flexibility index (Phi) is 4.47. The second kappa shape index (κ2) is 6.10. The summed E-state index contributed by atoms with van der Waals surface area (Å²) in [6, 6.07) is 0.322. The third-order valence-electron chi connectivity index (χ3n) is 3.98. The van der Waals surface area contributed by atoms with Gasteiger partial charge in [-0.1, -0.05) is 0 Å². The molecule has 0 atom stereocenters. The highest BCUT2D eigenvalue weighted by Crippen LogP contribution is 2.13. The highest BCUT2D eigenvalue weighted by Gasteiger charge is 2.29. The van der Waals surface area contributed by atoms with Crippen LogP contribution in [0.1, 0.15) is 12.8 Å². The maximum atomic E-state index is 12.3. The van der Waals surface area contributed by atoms with Crippen molar-refractivity contribution in [3.63, 3.8) is 0 Å². The summed E-state index contributed by atoms with van der Waals surface area (Å²) in [5, 5.41) is 12.2. The molecule has 0 spiro atoms. The topological polar surface area (TPSA) is 76.1 Å². The molecule has 0 aromatic heterocycles. The summed E-state index contributed by atoms with van der Waals surface area (Å²) in [6.45, 7) is 3.69. The Labute approximate surface area is 113 Å². The quantitative estimate of drug-likeness (QED) is 0.708. The van der Waals surface area contributed by atoms with E-state index >= 15 is 0 Å². The number of carbonyl (C=O) groups is 2. The van der Waals surface area contributed by atoms with Crippen molar-refractivity contribution in [1.29, 1.82) is 0 Å². The number of nitrogens with one attached hydrogen (secondary N) is 1. The summed E-state index contributed by atoms with van der Waals surface area (Å²) in [5.74, 6) is 0. The van der Waals surface area contributed by atoms with Crippen molar-refractivity contribution in [2.75, 3.05) is 46.3 Å². The Bertz CT molecular complexity index is 336. The summed E-state index contributed by atoms with van der Waals surface area (Å²) < 4.78 is 0. The number of carboxylic acid groups (broad SMARTS) is 1. The molecule has 2 aliphatic heterocycles. The molecule has 0 radical (unpaired) electrons. The van der Waals surface area contributed by atoms with Crippen molar-refractivity contribution in [2.45, 2.75) is 18.9 Å². The van der Waals surface area contributed by atoms with E-state index in [0.29, 0.717) is 32.2 Å². The van der Waals surface area contributed by atoms with Crippen molar-refractivity contribution in [3.8, 4) is 0 Å². The van der Waals surface area contributed by atoms with E-state index in [9.17, 15) is 9.59 Å². The molecule has 7 nitrogen and oxygen atoms in total. The first-order valence-corrected chi connectivity index (χ1v) is 6.80. The van der Waals surface area contributed by atoms with Crippen LogP contribution in [0.3, 0.4) is 0 Å². The van der Waals surface area contributed by atoms with Gasteiger partial charge in [-0.3, -0.25) is 0 Å². The number of amides is 3. The second-order valence-electron chi connectivity index (χ2n) is 5.13. The third-order valence-corrected chi connectivity index (χ3v) is 3.98. The van der Waals surface area contributed by atoms with E-state index < -0.39 is 6.09 Å². The van der Waals surface area contributed by atoms with Crippen LogP contribution >= 0.6 is 0 Å². The molecule has 0 bridgehead atoms. The SMILES string of the molecule is CN(C(=O)N1CCN(C(=O)O)CC1)C1CCNCC1. The lowest BCUT2D eigenvalue weighted by Gasteiger charge is -2.39. The van der Waals surface area contributed by atoms with Gasteiger partial charge in [-0.05, 0) is 25.9 Å². The summed E-state index contributed by atoms with van der Waals surface area (Å²) in [5.41, 5.74) is 0. The molecule has 2 saturated heterocycles. The first-order chi connectivity index (χ1) is 9.09. The normalized spacial score (nSPS) is 21.3. The van der Waals surface area contributed by atoms with Crippen molar-refractivity contribution >= 4 is 12.1 Å². The van der Waals surface area contributed by atoms with Crippen LogP contribution in [0.5, 0.6) is 0 Å². The number of rotatable bonds is 1. The number of piperazine rings is 1. The van der Waals surface area contributed by atoms with E-state index in [1.54, 1.807) is 4.90 Å². The lowest BCUT2D eigenvalue weighted by atomic mass is 10.1. The van der Waals surface area contributed by atoms with E-state index in [2.05, 4.69) is 5.32 Å². The zero-order valence-electron chi connectivity index (χ0n) is 11.3. The molecule has 0 aromatic rings. The van der Waals surface area contributed by atoms with Crippen molar-refractivity contribution in [2.24, 2.45) is 0 Å². The fraction of sp³-hybridized carbons (Fsp3) is 0.833. The van der Waals surface area contributed by atoms with Crippen LogP contribution in [0.15, 0.2) is 0 Å². The number of carbonyl (C=O) groups excluding carboxylic acids is 1. The number of hydrogen-bond donors (Lipinski definition) is 2. The van der Waals surface area contributed by atoms with Gasteiger partial charge >= 0.3 is 12.1 Å². The van der Waals surface area contributed by atoms with Crippen molar-refractivity contribution in [1.82, 2.24) is 20.0 Å². The number of urea groups is 1. The Morgan fingerprint density at radius 3 is 2.16 bits per heavy atom. The molecular weight excluding hydrogens is 248 g/mol. The Morgan fingerprint density at radius 1 is 1.11 bits per heavy atom. The molecule has 2 N–H and O–H groups in total. The zero-order valence-corrected chi connectivity index (χ0v) is 11.3. The van der Waals surface area contributed by atoms with Gasteiger partial charge in [-0.15, -0.1) is 0 Å². The molecule has 0 aliphatic carbocycles. The maximum Gasteiger partial charge on any atom is 0.407 e. The van der Waals surface area contributed by atoms with Gasteiger partial charge in [0.2, 0.25) is 0 Å². The lowest BCUT2D eigenvalue weighted by Crippen LogP contribution is -2.55. The van der Waals surface area contributed by atoms with Crippen LogP contribution in [-0.4, -0.2) is 84.3 Å². The van der Waals surface area contributed by atoms with Crippen LogP contribution in [0.4, 0.5) is 9.59 Å². The minimum absolute atomic E-state index is 0.0249. The van der Waals surface area contributed by atoms with Crippen LogP contribution in [0, 0.1) is 0 Å². The molecular formula is C12H22N4O3. The van der Waals surface area contributed by atoms with Gasteiger partial charge in [0.25, 0.3) is 0 Å². The third kappa shape index (κ3) is 3.28. The van der Waals surface area contributed by atoms with E-state index in [-0.39, 0.29) is 6.03 Å². The summed E-state index contributed by atoms with van der Waals surface area (Å²) in [4.78, 5) is 28.1. The van der Waals surface area contributed by atoms with Crippen LogP contribution in [0.2, 0.25) is 0 Å². The minimum atomic E-state index is -0.904. The Hall–Kier alpha value is -1.50. The predicted octanol–water partition coefficient (Wildman–Crippen LogP) is 0.0858. The average Bonchev–Trinajstić information content (AvgIpc) is 2.46. The molecule has 0 saturated carbocycles. The van der Waals surface area contributed by atoms with Gasteiger partial charge in [-0.2, -0.15) is 0 Å². The maximum absolute atomic E-state index is 12.3. The largest absolute Gasteiger partial charge is 0.465 e. The summed E-state index contributed by atoms with van der Waals surface area (Å²) in [6.07, 6.45) is 1.06. The van der Waals surface area contributed by atoms with E-state index in [1.807, 2.05) is 11.9 Å². The first-order valence-electron chi connectivity index (χ1n) is 6.80. The molecule has 2 fully saturated rings. The Morgan fingerprint density at radius 2 is 1.63 bits per heavy atom. The van der Waals surface area contributed by atoms with Crippen LogP contribution in [-0.2, 0) is 0 Å². The highest BCUT2D eigenvalue weighted by atomic mass is 16.4. The number of piperidine rings is 1. The number of nitrogens with zero attached hydrogens (tertiary/aromatic N) is 3. The fourth-order valence-corrected chi connectivity index (χ4v) is 2.66. The number of hydrogen-bond acceptors (Lipinski definition) is 3. The van der Waals surface area contributed by atoms with E-state index in [4.69, 9.17) is 5.11 Å². The van der Waals surface area contributed by atoms with Crippen LogP contribution in [0.25, 0.3) is 0 Å². The van der Waals surface area contributed by atoms with Crippen LogP contribution < -0.4 is 5.32 Å². The molecule has 2 rings (SSSR count). The molecule has 0 aromatic carbocycles. The lowest BCUT2D eigenvalue weighted by molar-refractivity contribution is 0.0936. The fourth-order valence-electron chi connectivity index (χ4n) is 2.66. The molecule has 2 heterocycles. The Balaban J connectivity index is 1.84. The zero-order chi connectivity index (χ0) is 13.8. The molecule has 19 heavy (non-hydrogen) atoms. The minimum Gasteiger partial charge on any atom is -0.465 e. The van der Waals surface area contributed by atoms with Gasteiger partial charge in [0.05, 0.1) is 0 Å². The van der Waals surface area contributed by atoms with E-state index in [1.165, 1.54) is 4.90 Å². The van der Waals surface area contributed by atoms with Gasteiger partial charge < -0.3 is 25.1 Å². The summed E-state index contributed by atoms with van der Waals surface area (Å²) in [7, 11) is 1.85. The smallest absolute Gasteiger partial charge is 0.407 e. The summed E-state index contributed by atoms with van der Waals surface area (Å²) >= 11 is 0. The van der Waals surface area contributed by atoms with Gasteiger partial charge in [0.1, 0.15) is 0 Å². The molecule has 2 aliphatic rings. The monoisotopic (exact) mass is 270 g/mol. The standard InChI is InChI=1S/C12H22N4O3/c1-14(10-2-4-13-5-3-10)11(17)15-6-8-16(9-7-15)12(18)19/h10,13H,2-9H2,1H3,(H,18,19). The van der Waals surface area contributed by atoms with Crippen molar-refractivity contribution in [3.05, 3.63) is 0 Å². The van der Waals surface area contributed by atoms with E-state index in [0.717, 1.165) is 25.9 Å². The molecule has 108 valence electrons. The second-order valence-corrected chi connectivity index (χ2v) is 5.13. The van der Waals surface area contributed by atoms with Gasteiger partial charge in [-0.25, -0.2) is 9.59 Å². The molecule has 7 heteroatoms. The predicted molar refractivity (Wildman–Crippen MR) is 70.2 cm³/mol. The molecule has 3 amide bonds. The average molecular weight is 270 g/mol.